The maximum Gasteiger partial charge on any atom is 0.173 e. The first kappa shape index (κ1) is 8.63. The topological polar surface area (TPSA) is 26.3 Å². The lowest BCUT2D eigenvalue weighted by molar-refractivity contribution is 0.102. The molecule has 1 aliphatic heterocycles. The summed E-state index contributed by atoms with van der Waals surface area (Å²) in [5.74, 6) is 2.51. The van der Waals surface area contributed by atoms with Crippen LogP contribution in [0.1, 0.15) is 15.9 Å². The molecule has 3 heteroatoms. The Kier molecular flexibility index (Phi) is 2.27. The van der Waals surface area contributed by atoms with E-state index in [1.165, 1.54) is 0 Å². The number of ether oxygens (including phenoxy) is 1. The van der Waals surface area contributed by atoms with Gasteiger partial charge in [-0.1, -0.05) is 6.07 Å². The highest BCUT2D eigenvalue weighted by molar-refractivity contribution is 7.99. The monoisotopic (exact) mass is 194 g/mol. The SMILES string of the molecule is COc1ccc2c(c1)C(=O)CSC2. The van der Waals surface area contributed by atoms with E-state index in [1.807, 2.05) is 18.2 Å². The molecule has 1 aromatic carbocycles. The lowest BCUT2D eigenvalue weighted by Crippen LogP contribution is -2.11. The molecule has 1 aromatic rings. The number of hydrogen-bond acceptors (Lipinski definition) is 3. The van der Waals surface area contributed by atoms with E-state index in [1.54, 1.807) is 18.9 Å². The quantitative estimate of drug-likeness (QED) is 0.685. The number of methoxy groups -OCH3 is 1. The van der Waals surface area contributed by atoms with Crippen molar-refractivity contribution in [2.45, 2.75) is 5.75 Å². The second-order valence-corrected chi connectivity index (χ2v) is 3.92. The van der Waals surface area contributed by atoms with Gasteiger partial charge in [0.15, 0.2) is 5.78 Å². The highest BCUT2D eigenvalue weighted by Crippen LogP contribution is 2.27. The Hall–Kier alpha value is -0.960. The third-order valence-corrected chi connectivity index (χ3v) is 3.09. The Balaban J connectivity index is 2.47. The maximum absolute atomic E-state index is 11.5. The number of carbonyl (C=O) groups is 1. The highest BCUT2D eigenvalue weighted by Gasteiger charge is 2.17. The van der Waals surface area contributed by atoms with Crippen molar-refractivity contribution in [3.8, 4) is 5.75 Å². The van der Waals surface area contributed by atoms with Gasteiger partial charge in [0, 0.05) is 11.3 Å². The molecule has 2 nitrogen and oxygen atoms in total. The Morgan fingerprint density at radius 3 is 3.00 bits per heavy atom. The summed E-state index contributed by atoms with van der Waals surface area (Å²) in [6.45, 7) is 0. The minimum atomic E-state index is 0.213. The van der Waals surface area contributed by atoms with Crippen molar-refractivity contribution in [2.75, 3.05) is 12.9 Å². The van der Waals surface area contributed by atoms with Crippen LogP contribution in [0.15, 0.2) is 18.2 Å². The molecule has 0 aromatic heterocycles. The summed E-state index contributed by atoms with van der Waals surface area (Å²) in [6, 6.07) is 5.70. The molecule has 0 atom stereocenters. The van der Waals surface area contributed by atoms with Crippen molar-refractivity contribution in [3.05, 3.63) is 29.3 Å². The molecular weight excluding hydrogens is 184 g/mol. The zero-order chi connectivity index (χ0) is 9.26. The summed E-state index contributed by atoms with van der Waals surface area (Å²) in [4.78, 5) is 11.5. The molecule has 0 N–H and O–H groups in total. The number of fused-ring (bicyclic) bond motifs is 1. The smallest absolute Gasteiger partial charge is 0.173 e. The molecule has 0 saturated heterocycles. The van der Waals surface area contributed by atoms with Crippen LogP contribution in [0.5, 0.6) is 5.75 Å². The van der Waals surface area contributed by atoms with Crippen molar-refractivity contribution >= 4 is 17.5 Å². The van der Waals surface area contributed by atoms with E-state index in [2.05, 4.69) is 0 Å². The van der Waals surface area contributed by atoms with Crippen molar-refractivity contribution in [1.82, 2.24) is 0 Å². The summed E-state index contributed by atoms with van der Waals surface area (Å²) in [7, 11) is 1.61. The summed E-state index contributed by atoms with van der Waals surface area (Å²) in [5, 5.41) is 0. The normalized spacial score (nSPS) is 15.3. The molecule has 1 aliphatic rings. The predicted octanol–water partition coefficient (Wildman–Crippen LogP) is 2.12. The van der Waals surface area contributed by atoms with Gasteiger partial charge in [-0.25, -0.2) is 0 Å². The van der Waals surface area contributed by atoms with Crippen LogP contribution in [-0.4, -0.2) is 18.6 Å². The number of carbonyl (C=O) groups excluding carboxylic acids is 1. The van der Waals surface area contributed by atoms with Gasteiger partial charge in [0.2, 0.25) is 0 Å². The lowest BCUT2D eigenvalue weighted by atomic mass is 10.0. The molecule has 1 heterocycles. The number of rotatable bonds is 1. The van der Waals surface area contributed by atoms with Crippen molar-refractivity contribution in [3.63, 3.8) is 0 Å². The average molecular weight is 194 g/mol. The molecule has 0 bridgehead atoms. The molecule has 68 valence electrons. The Labute approximate surface area is 81.3 Å². The van der Waals surface area contributed by atoms with E-state index < -0.39 is 0 Å². The van der Waals surface area contributed by atoms with Crippen LogP contribution in [0.4, 0.5) is 0 Å². The third-order valence-electron chi connectivity index (χ3n) is 2.11. The second kappa shape index (κ2) is 3.42. The first-order valence-corrected chi connectivity index (χ1v) is 5.24. The van der Waals surface area contributed by atoms with Crippen LogP contribution in [-0.2, 0) is 5.75 Å². The third kappa shape index (κ3) is 1.56. The zero-order valence-electron chi connectivity index (χ0n) is 7.37. The number of Topliss-reactive ketones (excluding diaryl/α,β-unsaturated/α-hetero) is 1. The molecular formula is C10H10O2S. The van der Waals surface area contributed by atoms with Gasteiger partial charge >= 0.3 is 0 Å². The molecule has 0 unspecified atom stereocenters. The van der Waals surface area contributed by atoms with Crippen LogP contribution < -0.4 is 4.74 Å². The van der Waals surface area contributed by atoms with Gasteiger partial charge in [-0.2, -0.15) is 0 Å². The summed E-state index contributed by atoms with van der Waals surface area (Å²) in [5.41, 5.74) is 1.96. The average Bonchev–Trinajstić information content (AvgIpc) is 2.18. The van der Waals surface area contributed by atoms with Crippen molar-refractivity contribution < 1.29 is 9.53 Å². The fourth-order valence-electron chi connectivity index (χ4n) is 1.40. The van der Waals surface area contributed by atoms with E-state index in [9.17, 15) is 4.79 Å². The van der Waals surface area contributed by atoms with Crippen LogP contribution in [0.25, 0.3) is 0 Å². The van der Waals surface area contributed by atoms with E-state index in [0.29, 0.717) is 5.75 Å². The second-order valence-electron chi connectivity index (χ2n) is 2.94. The summed E-state index contributed by atoms with van der Waals surface area (Å²) < 4.78 is 5.07. The van der Waals surface area contributed by atoms with Gasteiger partial charge in [-0.3, -0.25) is 4.79 Å². The number of benzene rings is 1. The predicted molar refractivity (Wildman–Crippen MR) is 53.5 cm³/mol. The van der Waals surface area contributed by atoms with Crippen LogP contribution >= 0.6 is 11.8 Å². The maximum atomic E-state index is 11.5. The molecule has 13 heavy (non-hydrogen) atoms. The van der Waals surface area contributed by atoms with Crippen molar-refractivity contribution in [1.29, 1.82) is 0 Å². The van der Waals surface area contributed by atoms with Crippen LogP contribution in [0.2, 0.25) is 0 Å². The minimum absolute atomic E-state index is 0.213. The first-order valence-electron chi connectivity index (χ1n) is 4.09. The largest absolute Gasteiger partial charge is 0.497 e. The summed E-state index contributed by atoms with van der Waals surface area (Å²) >= 11 is 1.67. The van der Waals surface area contributed by atoms with Crippen molar-refractivity contribution in [2.24, 2.45) is 0 Å². The lowest BCUT2D eigenvalue weighted by Gasteiger charge is -2.14. The molecule has 0 fully saturated rings. The molecule has 0 spiro atoms. The molecule has 2 rings (SSSR count). The molecule has 0 radical (unpaired) electrons. The Morgan fingerprint density at radius 1 is 1.38 bits per heavy atom. The molecule has 0 saturated carbocycles. The Bertz CT molecular complexity index is 347. The number of thioether (sulfide) groups is 1. The van der Waals surface area contributed by atoms with Crippen LogP contribution in [0, 0.1) is 0 Å². The van der Waals surface area contributed by atoms with Gasteiger partial charge < -0.3 is 4.74 Å². The molecule has 0 aliphatic carbocycles. The molecule has 0 amide bonds. The Morgan fingerprint density at radius 2 is 2.23 bits per heavy atom. The van der Waals surface area contributed by atoms with E-state index in [4.69, 9.17) is 4.74 Å². The summed E-state index contributed by atoms with van der Waals surface area (Å²) in [6.07, 6.45) is 0. The van der Waals surface area contributed by atoms with E-state index in [-0.39, 0.29) is 5.78 Å². The van der Waals surface area contributed by atoms with E-state index >= 15 is 0 Å². The zero-order valence-corrected chi connectivity index (χ0v) is 8.19. The van der Waals surface area contributed by atoms with Crippen LogP contribution in [0.3, 0.4) is 0 Å². The minimum Gasteiger partial charge on any atom is -0.497 e. The first-order chi connectivity index (χ1) is 6.31. The fourth-order valence-corrected chi connectivity index (χ4v) is 2.31. The highest BCUT2D eigenvalue weighted by atomic mass is 32.2. The number of hydrogen-bond donors (Lipinski definition) is 0. The number of ketones is 1. The van der Waals surface area contributed by atoms with Gasteiger partial charge in [0.1, 0.15) is 5.75 Å². The van der Waals surface area contributed by atoms with Gasteiger partial charge in [-0.15, -0.1) is 11.8 Å². The van der Waals surface area contributed by atoms with Gasteiger partial charge in [0.25, 0.3) is 0 Å². The standard InChI is InChI=1S/C10H10O2S/c1-12-8-3-2-7-5-13-6-10(11)9(7)4-8/h2-4H,5-6H2,1H3. The van der Waals surface area contributed by atoms with Gasteiger partial charge in [0.05, 0.1) is 12.9 Å². The fraction of sp³-hybridized carbons (Fsp3) is 0.300. The van der Waals surface area contributed by atoms with Gasteiger partial charge in [-0.05, 0) is 17.7 Å². The van der Waals surface area contributed by atoms with E-state index in [0.717, 1.165) is 22.6 Å².